The number of hydrogen-bond acceptors (Lipinski definition) is 2. The SMILES string of the molecule is CC(C)[C@H](NC(=O)[C@H]1CCCO1)c1ccccc1. The Labute approximate surface area is 109 Å². The van der Waals surface area contributed by atoms with Crippen molar-refractivity contribution in [2.45, 2.75) is 38.8 Å². The van der Waals surface area contributed by atoms with Crippen LogP contribution >= 0.6 is 0 Å². The number of ether oxygens (including phenoxy) is 1. The molecule has 0 radical (unpaired) electrons. The van der Waals surface area contributed by atoms with Crippen molar-refractivity contribution in [2.24, 2.45) is 5.92 Å². The van der Waals surface area contributed by atoms with Crippen LogP contribution in [0.15, 0.2) is 30.3 Å². The summed E-state index contributed by atoms with van der Waals surface area (Å²) in [5.74, 6) is 0.382. The standard InChI is InChI=1S/C15H21NO2/c1-11(2)14(12-7-4-3-5-8-12)16-15(17)13-9-6-10-18-13/h3-5,7-8,11,13-14H,6,9-10H2,1-2H3,(H,16,17)/t13-,14+/m1/s1. The van der Waals surface area contributed by atoms with E-state index in [1.54, 1.807) is 0 Å². The molecule has 2 atom stereocenters. The molecule has 1 aliphatic heterocycles. The van der Waals surface area contributed by atoms with Crippen LogP contribution in [0, 0.1) is 5.92 Å². The maximum atomic E-state index is 12.1. The van der Waals surface area contributed by atoms with Gasteiger partial charge in [0.2, 0.25) is 5.91 Å². The Balaban J connectivity index is 2.05. The Morgan fingerprint density at radius 1 is 1.33 bits per heavy atom. The molecule has 1 amide bonds. The highest BCUT2D eigenvalue weighted by molar-refractivity contribution is 5.81. The zero-order valence-corrected chi connectivity index (χ0v) is 11.1. The van der Waals surface area contributed by atoms with Gasteiger partial charge in [-0.15, -0.1) is 0 Å². The van der Waals surface area contributed by atoms with Gasteiger partial charge >= 0.3 is 0 Å². The number of carbonyl (C=O) groups excluding carboxylic acids is 1. The van der Waals surface area contributed by atoms with Crippen LogP contribution in [0.3, 0.4) is 0 Å². The van der Waals surface area contributed by atoms with Crippen LogP contribution in [0.2, 0.25) is 0 Å². The zero-order chi connectivity index (χ0) is 13.0. The van der Waals surface area contributed by atoms with Crippen LogP contribution < -0.4 is 5.32 Å². The fraction of sp³-hybridized carbons (Fsp3) is 0.533. The molecule has 1 saturated heterocycles. The fourth-order valence-electron chi connectivity index (χ4n) is 2.33. The van der Waals surface area contributed by atoms with Crippen molar-refractivity contribution >= 4 is 5.91 Å². The molecular formula is C15H21NO2. The first kappa shape index (κ1) is 13.1. The van der Waals surface area contributed by atoms with E-state index in [0.29, 0.717) is 12.5 Å². The predicted molar refractivity (Wildman–Crippen MR) is 71.1 cm³/mol. The first-order valence-corrected chi connectivity index (χ1v) is 6.65. The number of benzene rings is 1. The minimum Gasteiger partial charge on any atom is -0.368 e. The van der Waals surface area contributed by atoms with Crippen LogP contribution in [0.4, 0.5) is 0 Å². The van der Waals surface area contributed by atoms with Crippen LogP contribution in [-0.4, -0.2) is 18.6 Å². The second-order valence-electron chi connectivity index (χ2n) is 5.14. The van der Waals surface area contributed by atoms with Gasteiger partial charge in [0, 0.05) is 6.61 Å². The van der Waals surface area contributed by atoms with Crippen LogP contribution in [0.25, 0.3) is 0 Å². The summed E-state index contributed by atoms with van der Waals surface area (Å²) < 4.78 is 5.42. The number of nitrogens with one attached hydrogen (secondary N) is 1. The lowest BCUT2D eigenvalue weighted by atomic mass is 9.96. The molecule has 1 aliphatic rings. The third-order valence-electron chi connectivity index (χ3n) is 3.35. The monoisotopic (exact) mass is 247 g/mol. The maximum absolute atomic E-state index is 12.1. The quantitative estimate of drug-likeness (QED) is 0.888. The third kappa shape index (κ3) is 3.10. The molecule has 1 heterocycles. The van der Waals surface area contributed by atoms with Gasteiger partial charge in [-0.1, -0.05) is 44.2 Å². The van der Waals surface area contributed by atoms with Crippen molar-refractivity contribution in [3.05, 3.63) is 35.9 Å². The molecule has 1 aromatic carbocycles. The summed E-state index contributed by atoms with van der Waals surface area (Å²) >= 11 is 0. The van der Waals surface area contributed by atoms with Gasteiger partial charge in [-0.2, -0.15) is 0 Å². The van der Waals surface area contributed by atoms with Gasteiger partial charge in [0.1, 0.15) is 6.10 Å². The van der Waals surface area contributed by atoms with E-state index in [1.165, 1.54) is 0 Å². The zero-order valence-electron chi connectivity index (χ0n) is 11.1. The summed E-state index contributed by atoms with van der Waals surface area (Å²) in [4.78, 5) is 12.1. The lowest BCUT2D eigenvalue weighted by Crippen LogP contribution is -2.38. The lowest BCUT2D eigenvalue weighted by molar-refractivity contribution is -0.131. The molecular weight excluding hydrogens is 226 g/mol. The lowest BCUT2D eigenvalue weighted by Gasteiger charge is -2.24. The Kier molecular flexibility index (Phi) is 4.37. The average molecular weight is 247 g/mol. The molecule has 0 bridgehead atoms. The van der Waals surface area contributed by atoms with E-state index in [-0.39, 0.29) is 18.1 Å². The highest BCUT2D eigenvalue weighted by Gasteiger charge is 2.27. The summed E-state index contributed by atoms with van der Waals surface area (Å²) in [7, 11) is 0. The van der Waals surface area contributed by atoms with Gasteiger partial charge in [-0.3, -0.25) is 4.79 Å². The molecule has 1 N–H and O–H groups in total. The van der Waals surface area contributed by atoms with Gasteiger partial charge in [0.25, 0.3) is 0 Å². The molecule has 0 aliphatic carbocycles. The minimum atomic E-state index is -0.255. The molecule has 98 valence electrons. The molecule has 0 spiro atoms. The molecule has 1 fully saturated rings. The van der Waals surface area contributed by atoms with Crippen molar-refractivity contribution < 1.29 is 9.53 Å². The summed E-state index contributed by atoms with van der Waals surface area (Å²) in [6.07, 6.45) is 1.57. The first-order valence-electron chi connectivity index (χ1n) is 6.65. The maximum Gasteiger partial charge on any atom is 0.249 e. The Hall–Kier alpha value is -1.35. The number of hydrogen-bond donors (Lipinski definition) is 1. The number of amides is 1. The largest absolute Gasteiger partial charge is 0.368 e. The van der Waals surface area contributed by atoms with E-state index in [4.69, 9.17) is 4.74 Å². The normalized spacial score (nSPS) is 20.9. The molecule has 3 heteroatoms. The van der Waals surface area contributed by atoms with Gasteiger partial charge in [-0.05, 0) is 24.3 Å². The topological polar surface area (TPSA) is 38.3 Å². The van der Waals surface area contributed by atoms with Crippen LogP contribution in [0.1, 0.15) is 38.3 Å². The van der Waals surface area contributed by atoms with E-state index in [2.05, 4.69) is 31.3 Å². The van der Waals surface area contributed by atoms with E-state index in [9.17, 15) is 4.79 Å². The van der Waals surface area contributed by atoms with Gasteiger partial charge in [0.05, 0.1) is 6.04 Å². The van der Waals surface area contributed by atoms with E-state index < -0.39 is 0 Å². The highest BCUT2D eigenvalue weighted by Crippen LogP contribution is 2.22. The Morgan fingerprint density at radius 3 is 2.61 bits per heavy atom. The minimum absolute atomic E-state index is 0.0232. The molecule has 0 unspecified atom stereocenters. The predicted octanol–water partition coefficient (Wildman–Crippen LogP) is 2.68. The highest BCUT2D eigenvalue weighted by atomic mass is 16.5. The Bertz CT molecular complexity index is 383. The molecule has 0 saturated carbocycles. The van der Waals surface area contributed by atoms with Crippen molar-refractivity contribution in [3.63, 3.8) is 0 Å². The molecule has 3 nitrogen and oxygen atoms in total. The average Bonchev–Trinajstić information content (AvgIpc) is 2.90. The Morgan fingerprint density at radius 2 is 2.06 bits per heavy atom. The van der Waals surface area contributed by atoms with Gasteiger partial charge < -0.3 is 10.1 Å². The fourth-order valence-corrected chi connectivity index (χ4v) is 2.33. The summed E-state index contributed by atoms with van der Waals surface area (Å²) in [5, 5.41) is 3.11. The van der Waals surface area contributed by atoms with Crippen molar-refractivity contribution in [2.75, 3.05) is 6.61 Å². The molecule has 1 aromatic rings. The first-order chi connectivity index (χ1) is 8.68. The van der Waals surface area contributed by atoms with E-state index in [0.717, 1.165) is 18.4 Å². The van der Waals surface area contributed by atoms with Gasteiger partial charge in [-0.25, -0.2) is 0 Å². The second kappa shape index (κ2) is 6.01. The van der Waals surface area contributed by atoms with Crippen molar-refractivity contribution in [3.8, 4) is 0 Å². The van der Waals surface area contributed by atoms with E-state index >= 15 is 0 Å². The molecule has 2 rings (SSSR count). The molecule has 0 aromatic heterocycles. The number of rotatable bonds is 4. The van der Waals surface area contributed by atoms with Crippen LogP contribution in [0.5, 0.6) is 0 Å². The summed E-state index contributed by atoms with van der Waals surface area (Å²) in [5.41, 5.74) is 1.15. The number of carbonyl (C=O) groups is 1. The summed E-state index contributed by atoms with van der Waals surface area (Å²) in [6.45, 7) is 4.94. The molecule has 18 heavy (non-hydrogen) atoms. The summed E-state index contributed by atoms with van der Waals surface area (Å²) in [6, 6.07) is 10.2. The third-order valence-corrected chi connectivity index (χ3v) is 3.35. The van der Waals surface area contributed by atoms with Crippen LogP contribution in [-0.2, 0) is 9.53 Å². The second-order valence-corrected chi connectivity index (χ2v) is 5.14. The van der Waals surface area contributed by atoms with Crippen molar-refractivity contribution in [1.82, 2.24) is 5.32 Å². The van der Waals surface area contributed by atoms with E-state index in [1.807, 2.05) is 18.2 Å². The smallest absolute Gasteiger partial charge is 0.249 e. The van der Waals surface area contributed by atoms with Crippen molar-refractivity contribution in [1.29, 1.82) is 0 Å². The van der Waals surface area contributed by atoms with Gasteiger partial charge in [0.15, 0.2) is 0 Å².